The van der Waals surface area contributed by atoms with Crippen LogP contribution in [-0.4, -0.2) is 63.1 Å². The molecule has 1 N–H and O–H groups in total. The molecule has 1 unspecified atom stereocenters. The highest BCUT2D eigenvalue weighted by molar-refractivity contribution is 7.98. The molecule has 138 valence electrons. The van der Waals surface area contributed by atoms with Crippen LogP contribution in [0.15, 0.2) is 0 Å². The fourth-order valence-corrected chi connectivity index (χ4v) is 3.36. The minimum Gasteiger partial charge on any atom is -0.385 e. The Labute approximate surface area is 144 Å². The predicted molar refractivity (Wildman–Crippen MR) is 88.0 cm³/mol. The first-order valence-corrected chi connectivity index (χ1v) is 9.54. The molecule has 1 aromatic heterocycles. The minimum atomic E-state index is -4.38. The van der Waals surface area contributed by atoms with E-state index in [1.165, 1.54) is 11.8 Å². The van der Waals surface area contributed by atoms with Crippen LogP contribution < -0.4 is 0 Å². The van der Waals surface area contributed by atoms with Crippen LogP contribution in [0.25, 0.3) is 0 Å². The number of halogens is 3. The highest BCUT2D eigenvalue weighted by Crippen LogP contribution is 2.25. The molecule has 2 heterocycles. The lowest BCUT2D eigenvalue weighted by Gasteiger charge is -2.28. The summed E-state index contributed by atoms with van der Waals surface area (Å²) in [5.41, 5.74) is 0. The SMILES string of the molecule is CSCCC(O)c1nc(CC2CCN(C)CC2)nn1CC(F)(F)F. The topological polar surface area (TPSA) is 54.2 Å². The summed E-state index contributed by atoms with van der Waals surface area (Å²) in [4.78, 5) is 6.48. The number of thioether (sulfide) groups is 1. The van der Waals surface area contributed by atoms with E-state index < -0.39 is 18.8 Å². The Bertz CT molecular complexity index is 515. The van der Waals surface area contributed by atoms with Gasteiger partial charge in [-0.15, -0.1) is 0 Å². The Balaban J connectivity index is 2.10. The zero-order valence-corrected chi connectivity index (χ0v) is 14.9. The van der Waals surface area contributed by atoms with Crippen molar-refractivity contribution in [2.75, 3.05) is 32.1 Å². The van der Waals surface area contributed by atoms with Crippen LogP contribution in [0.4, 0.5) is 13.2 Å². The number of aliphatic hydroxyl groups excluding tert-OH is 1. The third-order valence-corrected chi connectivity index (χ3v) is 4.92. The summed E-state index contributed by atoms with van der Waals surface area (Å²) in [5, 5.41) is 14.2. The van der Waals surface area contributed by atoms with Gasteiger partial charge in [0.15, 0.2) is 11.6 Å². The molecule has 24 heavy (non-hydrogen) atoms. The molecule has 1 fully saturated rings. The second kappa shape index (κ2) is 8.53. The normalized spacial score (nSPS) is 18.9. The predicted octanol–water partition coefficient (Wildman–Crippen LogP) is 2.51. The van der Waals surface area contributed by atoms with Crippen LogP contribution in [-0.2, 0) is 13.0 Å². The molecular weight excluding hydrogens is 341 g/mol. The molecule has 0 saturated carbocycles. The summed E-state index contributed by atoms with van der Waals surface area (Å²) >= 11 is 1.53. The number of likely N-dealkylation sites (tertiary alicyclic amines) is 1. The van der Waals surface area contributed by atoms with Gasteiger partial charge >= 0.3 is 6.18 Å². The second-order valence-corrected chi connectivity index (χ2v) is 7.39. The smallest absolute Gasteiger partial charge is 0.385 e. The average molecular weight is 366 g/mol. The van der Waals surface area contributed by atoms with Gasteiger partial charge in [0, 0.05) is 6.42 Å². The maximum absolute atomic E-state index is 12.8. The van der Waals surface area contributed by atoms with Gasteiger partial charge in [-0.2, -0.15) is 30.0 Å². The van der Waals surface area contributed by atoms with Crippen molar-refractivity contribution in [3.8, 4) is 0 Å². The molecule has 1 aromatic rings. The fraction of sp³-hybridized carbons (Fsp3) is 0.867. The van der Waals surface area contributed by atoms with Gasteiger partial charge < -0.3 is 10.0 Å². The van der Waals surface area contributed by atoms with E-state index in [-0.39, 0.29) is 5.82 Å². The molecule has 5 nitrogen and oxygen atoms in total. The molecule has 0 amide bonds. The molecule has 1 aliphatic heterocycles. The van der Waals surface area contributed by atoms with E-state index in [9.17, 15) is 18.3 Å². The van der Waals surface area contributed by atoms with Crippen LogP contribution in [0.3, 0.4) is 0 Å². The molecule has 0 aliphatic carbocycles. The van der Waals surface area contributed by atoms with E-state index in [0.29, 0.717) is 30.3 Å². The molecule has 0 aromatic carbocycles. The number of alkyl halides is 3. The number of hydrogen-bond donors (Lipinski definition) is 1. The standard InChI is InChI=1S/C15H25F3N4OS/c1-21-6-3-11(4-7-21)9-13-19-14(12(23)5-8-24-2)22(20-13)10-15(16,17)18/h11-12,23H,3-10H2,1-2H3. The summed E-state index contributed by atoms with van der Waals surface area (Å²) in [6.45, 7) is 0.757. The van der Waals surface area contributed by atoms with Crippen LogP contribution in [0, 0.1) is 5.92 Å². The Hall–Kier alpha value is -0.800. The Morgan fingerprint density at radius 1 is 1.33 bits per heavy atom. The Kier molecular flexibility index (Phi) is 6.94. The Morgan fingerprint density at radius 2 is 2.00 bits per heavy atom. The van der Waals surface area contributed by atoms with Crippen molar-refractivity contribution in [1.29, 1.82) is 0 Å². The highest BCUT2D eigenvalue weighted by Gasteiger charge is 2.32. The lowest BCUT2D eigenvalue weighted by atomic mass is 9.94. The lowest BCUT2D eigenvalue weighted by Crippen LogP contribution is -2.31. The van der Waals surface area contributed by atoms with Gasteiger partial charge in [0.2, 0.25) is 0 Å². The lowest BCUT2D eigenvalue weighted by molar-refractivity contribution is -0.143. The zero-order valence-electron chi connectivity index (χ0n) is 14.1. The third kappa shape index (κ3) is 5.93. The average Bonchev–Trinajstić information content (AvgIpc) is 2.87. The summed E-state index contributed by atoms with van der Waals surface area (Å²) in [5.74, 6) is 1.49. The number of piperidine rings is 1. The largest absolute Gasteiger partial charge is 0.408 e. The first-order valence-electron chi connectivity index (χ1n) is 8.14. The van der Waals surface area contributed by atoms with E-state index >= 15 is 0 Å². The van der Waals surface area contributed by atoms with E-state index in [2.05, 4.69) is 22.0 Å². The van der Waals surface area contributed by atoms with Gasteiger partial charge in [-0.05, 0) is 57.3 Å². The van der Waals surface area contributed by atoms with Crippen molar-refractivity contribution in [2.45, 2.75) is 44.5 Å². The van der Waals surface area contributed by atoms with Gasteiger partial charge in [-0.1, -0.05) is 0 Å². The second-order valence-electron chi connectivity index (χ2n) is 6.41. The summed E-state index contributed by atoms with van der Waals surface area (Å²) in [6.07, 6.45) is -0.584. The van der Waals surface area contributed by atoms with Crippen molar-refractivity contribution in [2.24, 2.45) is 5.92 Å². The van der Waals surface area contributed by atoms with Crippen molar-refractivity contribution < 1.29 is 18.3 Å². The number of nitrogens with zero attached hydrogens (tertiary/aromatic N) is 4. The quantitative estimate of drug-likeness (QED) is 0.804. The fourth-order valence-electron chi connectivity index (χ4n) is 2.91. The summed E-state index contributed by atoms with van der Waals surface area (Å²) in [7, 11) is 2.06. The van der Waals surface area contributed by atoms with Gasteiger partial charge in [0.25, 0.3) is 0 Å². The van der Waals surface area contributed by atoms with E-state index in [1.807, 2.05) is 6.26 Å². The van der Waals surface area contributed by atoms with Crippen molar-refractivity contribution in [3.63, 3.8) is 0 Å². The number of rotatable bonds is 7. The molecule has 1 aliphatic rings. The molecule has 1 saturated heterocycles. The number of hydrogen-bond acceptors (Lipinski definition) is 5. The van der Waals surface area contributed by atoms with Crippen LogP contribution in [0.5, 0.6) is 0 Å². The molecule has 0 bridgehead atoms. The molecule has 0 spiro atoms. The third-order valence-electron chi connectivity index (χ3n) is 4.28. The van der Waals surface area contributed by atoms with Gasteiger partial charge in [0.1, 0.15) is 12.6 Å². The molecule has 0 radical (unpaired) electrons. The van der Waals surface area contributed by atoms with Gasteiger partial charge in [0.05, 0.1) is 0 Å². The molecule has 1 atom stereocenters. The molecular formula is C15H25F3N4OS. The highest BCUT2D eigenvalue weighted by atomic mass is 32.2. The minimum absolute atomic E-state index is 0.0318. The number of aliphatic hydroxyl groups is 1. The van der Waals surface area contributed by atoms with Crippen molar-refractivity contribution in [3.05, 3.63) is 11.6 Å². The maximum atomic E-state index is 12.8. The van der Waals surface area contributed by atoms with Crippen molar-refractivity contribution in [1.82, 2.24) is 19.7 Å². The van der Waals surface area contributed by atoms with Gasteiger partial charge in [-0.3, -0.25) is 0 Å². The van der Waals surface area contributed by atoms with Crippen LogP contribution in [0.2, 0.25) is 0 Å². The van der Waals surface area contributed by atoms with Crippen molar-refractivity contribution >= 4 is 11.8 Å². The number of aromatic nitrogens is 3. The summed E-state index contributed by atoms with van der Waals surface area (Å²) in [6, 6.07) is 0. The first kappa shape index (κ1) is 19.5. The monoisotopic (exact) mass is 366 g/mol. The van der Waals surface area contributed by atoms with Crippen LogP contribution in [0.1, 0.15) is 37.0 Å². The van der Waals surface area contributed by atoms with E-state index in [0.717, 1.165) is 30.6 Å². The van der Waals surface area contributed by atoms with Gasteiger partial charge in [-0.25, -0.2) is 9.67 Å². The Morgan fingerprint density at radius 3 is 2.58 bits per heavy atom. The molecule has 2 rings (SSSR count). The summed E-state index contributed by atoms with van der Waals surface area (Å²) < 4.78 is 39.1. The van der Waals surface area contributed by atoms with Crippen LogP contribution >= 0.6 is 11.8 Å². The maximum Gasteiger partial charge on any atom is 0.408 e. The zero-order chi connectivity index (χ0) is 17.7. The van der Waals surface area contributed by atoms with E-state index in [4.69, 9.17) is 0 Å². The van der Waals surface area contributed by atoms with E-state index in [1.54, 1.807) is 0 Å². The molecule has 9 heteroatoms. The first-order chi connectivity index (χ1) is 11.3.